The molecule has 2 aliphatic heterocycles. The van der Waals surface area contributed by atoms with Gasteiger partial charge in [0.15, 0.2) is 0 Å². The second kappa shape index (κ2) is 6.59. The molecule has 1 atom stereocenters. The first kappa shape index (κ1) is 15.7. The highest BCUT2D eigenvalue weighted by Gasteiger charge is 2.31. The summed E-state index contributed by atoms with van der Waals surface area (Å²) in [5, 5.41) is 5.73. The van der Waals surface area contributed by atoms with Crippen LogP contribution in [0.1, 0.15) is 30.7 Å². The zero-order valence-electron chi connectivity index (χ0n) is 14.0. The minimum absolute atomic E-state index is 0.110. The highest BCUT2D eigenvalue weighted by Crippen LogP contribution is 2.34. The monoisotopic (exact) mass is 335 g/mol. The Morgan fingerprint density at radius 1 is 1.08 bits per heavy atom. The van der Waals surface area contributed by atoms with E-state index in [0.717, 1.165) is 30.0 Å². The van der Waals surface area contributed by atoms with Crippen LogP contribution in [0.4, 0.5) is 17.1 Å². The number of carbonyl (C=O) groups is 2. The van der Waals surface area contributed by atoms with E-state index in [2.05, 4.69) is 15.5 Å². The van der Waals surface area contributed by atoms with Crippen molar-refractivity contribution in [2.24, 2.45) is 0 Å². The summed E-state index contributed by atoms with van der Waals surface area (Å²) < 4.78 is 0. The number of nitrogens with one attached hydrogen (secondary N) is 2. The number of rotatable bonds is 4. The van der Waals surface area contributed by atoms with E-state index in [1.165, 1.54) is 18.5 Å². The van der Waals surface area contributed by atoms with Crippen LogP contribution in [-0.2, 0) is 9.59 Å². The molecule has 2 heterocycles. The van der Waals surface area contributed by atoms with Crippen molar-refractivity contribution in [3.63, 3.8) is 0 Å². The summed E-state index contributed by atoms with van der Waals surface area (Å²) in [6.07, 6.45) is 2.63. The molecule has 0 radical (unpaired) electrons. The molecule has 128 valence electrons. The summed E-state index contributed by atoms with van der Waals surface area (Å²) in [5.41, 5.74) is 3.66. The van der Waals surface area contributed by atoms with Gasteiger partial charge < -0.3 is 15.5 Å². The fourth-order valence-corrected chi connectivity index (χ4v) is 3.61. The smallest absolute Gasteiger partial charge is 0.232 e. The quantitative estimate of drug-likeness (QED) is 0.901. The molecule has 1 fully saturated rings. The van der Waals surface area contributed by atoms with Gasteiger partial charge in [-0.25, -0.2) is 0 Å². The van der Waals surface area contributed by atoms with Gasteiger partial charge in [-0.3, -0.25) is 9.59 Å². The Hall–Kier alpha value is -2.82. The molecule has 2 aliphatic rings. The second-order valence-corrected chi connectivity index (χ2v) is 6.62. The second-order valence-electron chi connectivity index (χ2n) is 6.62. The highest BCUT2D eigenvalue weighted by molar-refractivity contribution is 6.06. The van der Waals surface area contributed by atoms with E-state index in [-0.39, 0.29) is 18.2 Å². The van der Waals surface area contributed by atoms with E-state index in [9.17, 15) is 9.59 Å². The van der Waals surface area contributed by atoms with E-state index in [0.29, 0.717) is 0 Å². The molecule has 0 spiro atoms. The lowest BCUT2D eigenvalue weighted by molar-refractivity contribution is -0.122. The fourth-order valence-electron chi connectivity index (χ4n) is 3.61. The van der Waals surface area contributed by atoms with Gasteiger partial charge in [-0.1, -0.05) is 18.2 Å². The van der Waals surface area contributed by atoms with Crippen molar-refractivity contribution in [1.29, 1.82) is 0 Å². The lowest BCUT2D eigenvalue weighted by Crippen LogP contribution is -2.20. The number of fused-ring (bicyclic) bond motifs is 1. The van der Waals surface area contributed by atoms with Crippen LogP contribution in [0.25, 0.3) is 0 Å². The molecule has 2 aromatic rings. The first-order valence-corrected chi connectivity index (χ1v) is 8.75. The van der Waals surface area contributed by atoms with Crippen LogP contribution in [0.3, 0.4) is 0 Å². The summed E-state index contributed by atoms with van der Waals surface area (Å²) >= 11 is 0. The summed E-state index contributed by atoms with van der Waals surface area (Å²) in [7, 11) is 0. The van der Waals surface area contributed by atoms with Crippen molar-refractivity contribution < 1.29 is 9.59 Å². The van der Waals surface area contributed by atoms with E-state index in [1.807, 2.05) is 48.5 Å². The third-order valence-corrected chi connectivity index (χ3v) is 4.92. The first-order chi connectivity index (χ1) is 12.2. The Bertz CT molecular complexity index is 795. The van der Waals surface area contributed by atoms with Gasteiger partial charge in [0.25, 0.3) is 0 Å². The Labute approximate surface area is 147 Å². The van der Waals surface area contributed by atoms with Crippen LogP contribution < -0.4 is 15.5 Å². The van der Waals surface area contributed by atoms with Crippen molar-refractivity contribution in [2.45, 2.75) is 25.2 Å². The van der Waals surface area contributed by atoms with Crippen LogP contribution >= 0.6 is 0 Å². The van der Waals surface area contributed by atoms with Gasteiger partial charge in [0, 0.05) is 36.6 Å². The van der Waals surface area contributed by atoms with Crippen LogP contribution in [0.15, 0.2) is 48.5 Å². The third kappa shape index (κ3) is 3.22. The van der Waals surface area contributed by atoms with Crippen molar-refractivity contribution in [3.05, 3.63) is 54.1 Å². The Kier molecular flexibility index (Phi) is 4.14. The number of amides is 2. The summed E-state index contributed by atoms with van der Waals surface area (Å²) in [4.78, 5) is 26.8. The largest absolute Gasteiger partial charge is 0.372 e. The van der Waals surface area contributed by atoms with Gasteiger partial charge in [0.1, 0.15) is 0 Å². The van der Waals surface area contributed by atoms with Crippen LogP contribution in [0.2, 0.25) is 0 Å². The van der Waals surface area contributed by atoms with E-state index in [4.69, 9.17) is 0 Å². The van der Waals surface area contributed by atoms with Gasteiger partial charge in [-0.2, -0.15) is 0 Å². The lowest BCUT2D eigenvalue weighted by Gasteiger charge is -2.18. The lowest BCUT2D eigenvalue weighted by atomic mass is 9.97. The number of nitrogens with zero attached hydrogens (tertiary/aromatic N) is 1. The average Bonchev–Trinajstić information content (AvgIpc) is 3.25. The number of hydrogen-bond acceptors (Lipinski definition) is 3. The molecule has 5 nitrogen and oxygen atoms in total. The fraction of sp³-hybridized carbons (Fsp3) is 0.300. The molecule has 1 unspecified atom stereocenters. The Morgan fingerprint density at radius 2 is 1.80 bits per heavy atom. The number of anilines is 3. The van der Waals surface area contributed by atoms with Gasteiger partial charge >= 0.3 is 0 Å². The molecule has 0 bridgehead atoms. The molecule has 25 heavy (non-hydrogen) atoms. The molecular weight excluding hydrogens is 314 g/mol. The SMILES string of the molecule is O=C(CC1C(=O)Nc2ccccc21)Nc1ccc(N2CCCC2)cc1. The maximum absolute atomic E-state index is 12.4. The topological polar surface area (TPSA) is 61.4 Å². The molecule has 4 rings (SSSR count). The van der Waals surface area contributed by atoms with E-state index < -0.39 is 5.92 Å². The Balaban J connectivity index is 1.40. The van der Waals surface area contributed by atoms with Crippen molar-refractivity contribution in [1.82, 2.24) is 0 Å². The van der Waals surface area contributed by atoms with Crippen LogP contribution in [-0.4, -0.2) is 24.9 Å². The number of carbonyl (C=O) groups excluding carboxylic acids is 2. The molecule has 5 heteroatoms. The van der Waals surface area contributed by atoms with Crippen LogP contribution in [0.5, 0.6) is 0 Å². The minimum atomic E-state index is -0.417. The normalized spacial score (nSPS) is 18.8. The molecule has 0 aromatic heterocycles. The zero-order valence-corrected chi connectivity index (χ0v) is 14.0. The number of hydrogen-bond donors (Lipinski definition) is 2. The van der Waals surface area contributed by atoms with Crippen LogP contribution in [0, 0.1) is 0 Å². The number of para-hydroxylation sites is 1. The van der Waals surface area contributed by atoms with Crippen molar-refractivity contribution in [2.75, 3.05) is 28.6 Å². The molecule has 0 saturated carbocycles. The predicted molar refractivity (Wildman–Crippen MR) is 98.9 cm³/mol. The van der Waals surface area contributed by atoms with E-state index in [1.54, 1.807) is 0 Å². The first-order valence-electron chi connectivity index (χ1n) is 8.75. The van der Waals surface area contributed by atoms with Gasteiger partial charge in [0.05, 0.1) is 5.92 Å². The molecular formula is C20H21N3O2. The Morgan fingerprint density at radius 3 is 2.56 bits per heavy atom. The minimum Gasteiger partial charge on any atom is -0.372 e. The molecule has 2 amide bonds. The van der Waals surface area contributed by atoms with Crippen molar-refractivity contribution in [3.8, 4) is 0 Å². The van der Waals surface area contributed by atoms with Gasteiger partial charge in [-0.15, -0.1) is 0 Å². The third-order valence-electron chi connectivity index (χ3n) is 4.92. The number of benzene rings is 2. The molecule has 2 aromatic carbocycles. The summed E-state index contributed by atoms with van der Waals surface area (Å²) in [6.45, 7) is 2.20. The van der Waals surface area contributed by atoms with Gasteiger partial charge in [-0.05, 0) is 48.7 Å². The van der Waals surface area contributed by atoms with Crippen molar-refractivity contribution >= 4 is 28.9 Å². The maximum atomic E-state index is 12.4. The molecule has 1 saturated heterocycles. The standard InChI is InChI=1S/C20H21N3O2/c24-19(13-17-16-5-1-2-6-18(16)22-20(17)25)21-14-7-9-15(10-8-14)23-11-3-4-12-23/h1-2,5-10,17H,3-4,11-13H2,(H,21,24)(H,22,25). The van der Waals surface area contributed by atoms with Gasteiger partial charge in [0.2, 0.25) is 11.8 Å². The predicted octanol–water partition coefficient (Wildman–Crippen LogP) is 3.35. The molecule has 0 aliphatic carbocycles. The maximum Gasteiger partial charge on any atom is 0.232 e. The summed E-state index contributed by atoms with van der Waals surface area (Å²) in [6, 6.07) is 15.5. The van der Waals surface area contributed by atoms with E-state index >= 15 is 0 Å². The summed E-state index contributed by atoms with van der Waals surface area (Å²) in [5.74, 6) is -0.674. The zero-order chi connectivity index (χ0) is 17.2. The highest BCUT2D eigenvalue weighted by atomic mass is 16.2. The average molecular weight is 335 g/mol. The molecule has 2 N–H and O–H groups in total.